The van der Waals surface area contributed by atoms with Gasteiger partial charge in [0.2, 0.25) is 5.91 Å². The predicted molar refractivity (Wildman–Crippen MR) is 101 cm³/mol. The number of nitrogens with one attached hydrogen (secondary N) is 1. The number of rotatable bonds is 5. The summed E-state index contributed by atoms with van der Waals surface area (Å²) in [5.74, 6) is -1.33. The molecule has 0 spiro atoms. The summed E-state index contributed by atoms with van der Waals surface area (Å²) in [6.07, 6.45) is 7.12. The maximum Gasteiger partial charge on any atom is 0.303 e. The molecule has 1 saturated heterocycles. The van der Waals surface area contributed by atoms with Crippen LogP contribution in [-0.2, 0) is 9.59 Å². The minimum Gasteiger partial charge on any atom is -0.481 e. The van der Waals surface area contributed by atoms with Crippen molar-refractivity contribution in [2.24, 2.45) is 0 Å². The highest BCUT2D eigenvalue weighted by Gasteiger charge is 2.24. The Morgan fingerprint density at radius 1 is 1.25 bits per heavy atom. The van der Waals surface area contributed by atoms with E-state index in [1.54, 1.807) is 17.2 Å². The van der Waals surface area contributed by atoms with Crippen LogP contribution in [0.2, 0.25) is 0 Å². The van der Waals surface area contributed by atoms with E-state index < -0.39 is 5.97 Å². The van der Waals surface area contributed by atoms with Crippen molar-refractivity contribution < 1.29 is 19.1 Å². The molecule has 3 heterocycles. The highest BCUT2D eigenvalue weighted by atomic mass is 19.1. The molecular formula is C20H21FN4O3. The van der Waals surface area contributed by atoms with Gasteiger partial charge in [0.15, 0.2) is 0 Å². The first-order chi connectivity index (χ1) is 13.5. The summed E-state index contributed by atoms with van der Waals surface area (Å²) in [6, 6.07) is 4.87. The van der Waals surface area contributed by atoms with Gasteiger partial charge >= 0.3 is 5.97 Å². The Morgan fingerprint density at radius 2 is 2.04 bits per heavy atom. The van der Waals surface area contributed by atoms with Gasteiger partial charge in [-0.1, -0.05) is 0 Å². The number of H-pyrrole nitrogens is 1. The normalized spacial score (nSPS) is 15.2. The molecule has 28 heavy (non-hydrogen) atoms. The lowest BCUT2D eigenvalue weighted by Crippen LogP contribution is -2.39. The minimum atomic E-state index is -0.952. The zero-order valence-corrected chi connectivity index (χ0v) is 15.3. The number of hydrogen-bond donors (Lipinski definition) is 2. The third-order valence-corrected chi connectivity index (χ3v) is 5.30. The standard InChI is InChI=1S/C20H21FN4O3/c21-14-1-2-16-17(11-22-18(16)9-14)13-10-23-25(12-13)15-5-7-24(8-6-15)19(26)3-4-20(27)28/h1-2,9-12,15,22H,3-8H2,(H,27,28). The van der Waals surface area contributed by atoms with Crippen molar-refractivity contribution in [2.45, 2.75) is 31.7 Å². The molecule has 0 aliphatic carbocycles. The Balaban J connectivity index is 1.42. The Labute approximate surface area is 160 Å². The maximum atomic E-state index is 13.4. The number of carbonyl (C=O) groups excluding carboxylic acids is 1. The summed E-state index contributed by atoms with van der Waals surface area (Å²) in [7, 11) is 0. The van der Waals surface area contributed by atoms with Gasteiger partial charge in [-0.25, -0.2) is 4.39 Å². The molecule has 2 aromatic heterocycles. The number of amides is 1. The molecule has 0 saturated carbocycles. The summed E-state index contributed by atoms with van der Waals surface area (Å²) in [6.45, 7) is 1.20. The lowest BCUT2D eigenvalue weighted by Gasteiger charge is -2.32. The van der Waals surface area contributed by atoms with E-state index in [9.17, 15) is 14.0 Å². The molecule has 3 aromatic rings. The number of aromatic nitrogens is 3. The number of fused-ring (bicyclic) bond motifs is 1. The molecule has 4 rings (SSSR count). The first-order valence-electron chi connectivity index (χ1n) is 9.32. The average Bonchev–Trinajstić information content (AvgIpc) is 3.32. The quantitative estimate of drug-likeness (QED) is 0.707. The van der Waals surface area contributed by atoms with Gasteiger partial charge in [-0.3, -0.25) is 14.3 Å². The van der Waals surface area contributed by atoms with E-state index >= 15 is 0 Å². The van der Waals surface area contributed by atoms with Gasteiger partial charge in [0.05, 0.1) is 18.7 Å². The number of hydrogen-bond acceptors (Lipinski definition) is 3. The van der Waals surface area contributed by atoms with Gasteiger partial charge in [-0.05, 0) is 31.0 Å². The van der Waals surface area contributed by atoms with Crippen molar-refractivity contribution in [1.82, 2.24) is 19.7 Å². The Bertz CT molecular complexity index is 1020. The van der Waals surface area contributed by atoms with Crippen LogP contribution in [0.25, 0.3) is 22.0 Å². The fraction of sp³-hybridized carbons (Fsp3) is 0.350. The molecule has 0 radical (unpaired) electrons. The van der Waals surface area contributed by atoms with Crippen molar-refractivity contribution in [2.75, 3.05) is 13.1 Å². The zero-order chi connectivity index (χ0) is 19.7. The molecule has 1 aromatic carbocycles. The number of carboxylic acids is 1. The lowest BCUT2D eigenvalue weighted by atomic mass is 10.0. The van der Waals surface area contributed by atoms with Crippen LogP contribution in [0.1, 0.15) is 31.7 Å². The first-order valence-corrected chi connectivity index (χ1v) is 9.32. The second-order valence-electron chi connectivity index (χ2n) is 7.11. The average molecular weight is 384 g/mol. The molecule has 0 unspecified atom stereocenters. The highest BCUT2D eigenvalue weighted by Crippen LogP contribution is 2.30. The number of piperidine rings is 1. The van der Waals surface area contributed by atoms with Crippen molar-refractivity contribution in [3.63, 3.8) is 0 Å². The van der Waals surface area contributed by atoms with E-state index in [4.69, 9.17) is 5.11 Å². The second kappa shape index (κ2) is 7.46. The van der Waals surface area contributed by atoms with Gasteiger partial charge in [-0.2, -0.15) is 5.10 Å². The van der Waals surface area contributed by atoms with E-state index in [2.05, 4.69) is 10.1 Å². The van der Waals surface area contributed by atoms with Crippen molar-refractivity contribution in [3.05, 3.63) is 42.6 Å². The van der Waals surface area contributed by atoms with Crippen LogP contribution >= 0.6 is 0 Å². The topological polar surface area (TPSA) is 91.2 Å². The maximum absolute atomic E-state index is 13.4. The summed E-state index contributed by atoms with van der Waals surface area (Å²) in [5.41, 5.74) is 2.68. The van der Waals surface area contributed by atoms with E-state index in [0.717, 1.165) is 34.9 Å². The zero-order valence-electron chi connectivity index (χ0n) is 15.3. The summed E-state index contributed by atoms with van der Waals surface area (Å²) in [4.78, 5) is 27.5. The molecule has 146 valence electrons. The van der Waals surface area contributed by atoms with Crippen molar-refractivity contribution in [1.29, 1.82) is 0 Å². The number of aliphatic carboxylic acids is 1. The Kier molecular flexibility index (Phi) is 4.85. The van der Waals surface area contributed by atoms with Gasteiger partial charge in [0, 0.05) is 53.9 Å². The van der Waals surface area contributed by atoms with Crippen molar-refractivity contribution >= 4 is 22.8 Å². The van der Waals surface area contributed by atoms with E-state index in [-0.39, 0.29) is 30.6 Å². The van der Waals surface area contributed by atoms with E-state index in [1.165, 1.54) is 12.1 Å². The number of nitrogens with zero attached hydrogens (tertiary/aromatic N) is 3. The number of carboxylic acid groups (broad SMARTS) is 1. The molecule has 1 aliphatic rings. The van der Waals surface area contributed by atoms with Crippen LogP contribution in [0.3, 0.4) is 0 Å². The fourth-order valence-electron chi connectivity index (χ4n) is 3.77. The molecule has 7 nitrogen and oxygen atoms in total. The molecule has 0 bridgehead atoms. The number of benzene rings is 1. The Hall–Kier alpha value is -3.16. The van der Waals surface area contributed by atoms with Crippen LogP contribution in [0.4, 0.5) is 4.39 Å². The number of aromatic amines is 1. The van der Waals surface area contributed by atoms with E-state index in [1.807, 2.05) is 17.1 Å². The van der Waals surface area contributed by atoms with Gasteiger partial charge in [-0.15, -0.1) is 0 Å². The largest absolute Gasteiger partial charge is 0.481 e. The Morgan fingerprint density at radius 3 is 2.79 bits per heavy atom. The van der Waals surface area contributed by atoms with Crippen LogP contribution in [0.5, 0.6) is 0 Å². The second-order valence-corrected chi connectivity index (χ2v) is 7.11. The molecule has 1 fully saturated rings. The van der Waals surface area contributed by atoms with Crippen LogP contribution in [0.15, 0.2) is 36.8 Å². The fourth-order valence-corrected chi connectivity index (χ4v) is 3.77. The van der Waals surface area contributed by atoms with Crippen molar-refractivity contribution in [3.8, 4) is 11.1 Å². The van der Waals surface area contributed by atoms with Crippen LogP contribution in [-0.4, -0.2) is 49.7 Å². The molecule has 2 N–H and O–H groups in total. The lowest BCUT2D eigenvalue weighted by molar-refractivity contribution is -0.141. The highest BCUT2D eigenvalue weighted by molar-refractivity contribution is 5.95. The first kappa shape index (κ1) is 18.2. The number of halogens is 1. The number of likely N-dealkylation sites (tertiary alicyclic amines) is 1. The summed E-state index contributed by atoms with van der Waals surface area (Å²) < 4.78 is 15.3. The predicted octanol–water partition coefficient (Wildman–Crippen LogP) is 3.20. The van der Waals surface area contributed by atoms with Gasteiger partial charge < -0.3 is 15.0 Å². The minimum absolute atomic E-state index is 0.0487. The molecule has 0 atom stereocenters. The van der Waals surface area contributed by atoms with Crippen LogP contribution < -0.4 is 0 Å². The smallest absolute Gasteiger partial charge is 0.303 e. The monoisotopic (exact) mass is 384 g/mol. The molecular weight excluding hydrogens is 363 g/mol. The molecule has 1 amide bonds. The third kappa shape index (κ3) is 3.62. The van der Waals surface area contributed by atoms with E-state index in [0.29, 0.717) is 13.1 Å². The third-order valence-electron chi connectivity index (χ3n) is 5.30. The number of carbonyl (C=O) groups is 2. The van der Waals surface area contributed by atoms with Crippen LogP contribution in [0, 0.1) is 5.82 Å². The summed E-state index contributed by atoms with van der Waals surface area (Å²) in [5, 5.41) is 14.2. The summed E-state index contributed by atoms with van der Waals surface area (Å²) >= 11 is 0. The SMILES string of the molecule is O=C(O)CCC(=O)N1CCC(n2cc(-c3c[nH]c4cc(F)ccc34)cn2)CC1. The molecule has 1 aliphatic heterocycles. The van der Waals surface area contributed by atoms with Gasteiger partial charge in [0.25, 0.3) is 0 Å². The molecule has 8 heteroatoms. The van der Waals surface area contributed by atoms with Gasteiger partial charge in [0.1, 0.15) is 5.82 Å².